The van der Waals surface area contributed by atoms with E-state index < -0.39 is 94.0 Å². The van der Waals surface area contributed by atoms with Crippen molar-refractivity contribution in [3.8, 4) is 0 Å². The van der Waals surface area contributed by atoms with Gasteiger partial charge in [-0.1, -0.05) is 20.8 Å². The summed E-state index contributed by atoms with van der Waals surface area (Å²) >= 11 is 0. The number of ether oxygens (including phenoxy) is 4. The molecule has 6 fully saturated rings. The van der Waals surface area contributed by atoms with Crippen molar-refractivity contribution in [3.05, 3.63) is 0 Å². The maximum Gasteiger partial charge on any atom is 0.343 e. The molecule has 11 heteroatoms. The zero-order valence-corrected chi connectivity index (χ0v) is 17.3. The highest BCUT2D eigenvalue weighted by Crippen LogP contribution is 2.84. The molecule has 0 amide bonds. The minimum absolute atomic E-state index is 0.792. The Balaban J connectivity index is 1.75. The molecule has 2 spiro atoms. The lowest BCUT2D eigenvalue weighted by atomic mass is 9.51. The molecular formula is C20H24O11. The Bertz CT molecular complexity index is 957. The second-order valence-electron chi connectivity index (χ2n) is 10.8. The van der Waals surface area contributed by atoms with E-state index in [1.165, 1.54) is 6.92 Å². The Hall–Kier alpha value is -1.79. The van der Waals surface area contributed by atoms with Gasteiger partial charge in [-0.3, -0.25) is 4.79 Å². The molecule has 4 N–H and O–H groups in total. The molecule has 4 saturated heterocycles. The molecule has 12 atom stereocenters. The van der Waals surface area contributed by atoms with Gasteiger partial charge in [-0.25, -0.2) is 9.59 Å². The molecule has 11 nitrogen and oxygen atoms in total. The lowest BCUT2D eigenvalue weighted by molar-refractivity contribution is -0.240. The number of carbonyl (C=O) groups excluding carboxylic acids is 3. The maximum atomic E-state index is 13.4. The molecule has 0 aromatic carbocycles. The van der Waals surface area contributed by atoms with Crippen molar-refractivity contribution >= 4 is 17.9 Å². The Morgan fingerprint density at radius 3 is 2.19 bits per heavy atom. The quantitative estimate of drug-likeness (QED) is 0.234. The van der Waals surface area contributed by atoms with Gasteiger partial charge in [-0.2, -0.15) is 0 Å². The largest absolute Gasteiger partial charge is 0.456 e. The Labute approximate surface area is 176 Å². The van der Waals surface area contributed by atoms with Crippen LogP contribution in [0.2, 0.25) is 0 Å². The third kappa shape index (κ3) is 1.43. The van der Waals surface area contributed by atoms with E-state index in [4.69, 9.17) is 18.9 Å². The summed E-state index contributed by atoms with van der Waals surface area (Å²) < 4.78 is 22.2. The first-order valence-corrected chi connectivity index (χ1v) is 10.3. The summed E-state index contributed by atoms with van der Waals surface area (Å²) in [5.41, 5.74) is -9.40. The maximum absolute atomic E-state index is 13.4. The van der Waals surface area contributed by atoms with Gasteiger partial charge in [0.2, 0.25) is 11.9 Å². The summed E-state index contributed by atoms with van der Waals surface area (Å²) in [5, 5.41) is 46.1. The average molecular weight is 440 g/mol. The molecule has 0 aromatic rings. The predicted octanol–water partition coefficient (Wildman–Crippen LogP) is -2.40. The molecule has 2 aliphatic carbocycles. The number of fused-ring (bicyclic) bond motifs is 1. The van der Waals surface area contributed by atoms with E-state index in [0.717, 1.165) is 0 Å². The lowest BCUT2D eigenvalue weighted by Crippen LogP contribution is -2.67. The number of rotatable bonds is 0. The first kappa shape index (κ1) is 19.9. The van der Waals surface area contributed by atoms with Crippen LogP contribution in [-0.2, 0) is 33.3 Å². The van der Waals surface area contributed by atoms with Crippen LogP contribution in [0.5, 0.6) is 0 Å². The first-order valence-electron chi connectivity index (χ1n) is 10.3. The zero-order chi connectivity index (χ0) is 22.7. The summed E-state index contributed by atoms with van der Waals surface area (Å²) in [7, 11) is 0. The fraction of sp³-hybridized carbons (Fsp3) is 0.850. The van der Waals surface area contributed by atoms with Crippen molar-refractivity contribution in [1.82, 2.24) is 0 Å². The number of aliphatic hydroxyl groups excluding tert-OH is 3. The molecule has 31 heavy (non-hydrogen) atoms. The lowest BCUT2D eigenvalue weighted by Gasteiger charge is -2.47. The summed E-state index contributed by atoms with van der Waals surface area (Å²) in [6.07, 6.45) is -9.69. The van der Waals surface area contributed by atoms with Crippen LogP contribution < -0.4 is 0 Å². The number of aliphatic hydroxyl groups is 4. The molecule has 4 aliphatic heterocycles. The summed E-state index contributed by atoms with van der Waals surface area (Å²) in [6.45, 7) is 6.63. The van der Waals surface area contributed by atoms with Crippen molar-refractivity contribution < 1.29 is 53.8 Å². The van der Waals surface area contributed by atoms with Gasteiger partial charge in [0, 0.05) is 5.92 Å². The van der Waals surface area contributed by atoms with Crippen LogP contribution in [0.25, 0.3) is 0 Å². The summed E-state index contributed by atoms with van der Waals surface area (Å²) in [6, 6.07) is 0. The second-order valence-corrected chi connectivity index (χ2v) is 10.8. The van der Waals surface area contributed by atoms with Crippen molar-refractivity contribution in [3.63, 3.8) is 0 Å². The first-order chi connectivity index (χ1) is 14.3. The fourth-order valence-electron chi connectivity index (χ4n) is 8.27. The smallest absolute Gasteiger partial charge is 0.343 e. The van der Waals surface area contributed by atoms with Crippen molar-refractivity contribution in [1.29, 1.82) is 0 Å². The third-order valence-corrected chi connectivity index (χ3v) is 8.95. The number of hydrogen-bond acceptors (Lipinski definition) is 11. The Morgan fingerprint density at radius 2 is 1.58 bits per heavy atom. The van der Waals surface area contributed by atoms with Crippen LogP contribution in [0.4, 0.5) is 0 Å². The van der Waals surface area contributed by atoms with Gasteiger partial charge in [0.25, 0.3) is 0 Å². The molecule has 0 aromatic heterocycles. The van der Waals surface area contributed by atoms with Crippen molar-refractivity contribution in [2.75, 3.05) is 0 Å². The van der Waals surface area contributed by atoms with Crippen molar-refractivity contribution in [2.24, 2.45) is 28.1 Å². The highest BCUT2D eigenvalue weighted by atomic mass is 16.8. The molecule has 2 unspecified atom stereocenters. The van der Waals surface area contributed by atoms with E-state index in [9.17, 15) is 34.8 Å². The standard InChI is InChI=1S/C20H24O11/c1-5-12(24)28-11-8(22)18-10-6(21)7(16(2,3)4)17(18)9(23)13(25)30-15(17)31-20(18,14(26)29-10)19(5,11)27/h5-11,15,21-23,27H,1-4H3/t5-,6-,7+,8+,9+,10-,11?,15+,17+,18?,19-,20+/m1/s1. The topological polar surface area (TPSA) is 169 Å². The van der Waals surface area contributed by atoms with Crippen LogP contribution in [0.3, 0.4) is 0 Å². The normalized spacial score (nSPS) is 61.0. The molecule has 0 radical (unpaired) electrons. The van der Waals surface area contributed by atoms with Gasteiger partial charge in [0.15, 0.2) is 17.8 Å². The van der Waals surface area contributed by atoms with Gasteiger partial charge in [-0.15, -0.1) is 0 Å². The number of carbonyl (C=O) groups is 3. The number of hydrogen-bond donors (Lipinski definition) is 4. The summed E-state index contributed by atoms with van der Waals surface area (Å²) in [5.74, 6) is -5.22. The van der Waals surface area contributed by atoms with Crippen LogP contribution in [0, 0.1) is 28.1 Å². The molecular weight excluding hydrogens is 416 g/mol. The number of esters is 3. The monoisotopic (exact) mass is 440 g/mol. The fourth-order valence-corrected chi connectivity index (χ4v) is 8.27. The highest BCUT2D eigenvalue weighted by Gasteiger charge is 3.05. The van der Waals surface area contributed by atoms with Crippen molar-refractivity contribution in [2.45, 2.75) is 75.7 Å². The van der Waals surface area contributed by atoms with Crippen LogP contribution in [-0.4, -0.2) is 86.3 Å². The minimum atomic E-state index is -2.40. The van der Waals surface area contributed by atoms with E-state index in [0.29, 0.717) is 0 Å². The molecule has 6 rings (SSSR count). The van der Waals surface area contributed by atoms with Crippen LogP contribution in [0.1, 0.15) is 27.7 Å². The molecule has 0 bridgehead atoms. The third-order valence-electron chi connectivity index (χ3n) is 8.95. The Kier molecular flexibility index (Phi) is 3.15. The average Bonchev–Trinajstić information content (AvgIpc) is 3.35. The van der Waals surface area contributed by atoms with Gasteiger partial charge < -0.3 is 39.4 Å². The van der Waals surface area contributed by atoms with E-state index >= 15 is 0 Å². The molecule has 2 saturated carbocycles. The predicted molar refractivity (Wildman–Crippen MR) is 93.4 cm³/mol. The second kappa shape index (κ2) is 4.91. The minimum Gasteiger partial charge on any atom is -0.456 e. The summed E-state index contributed by atoms with van der Waals surface area (Å²) in [4.78, 5) is 38.3. The molecule has 4 heterocycles. The zero-order valence-electron chi connectivity index (χ0n) is 17.3. The van der Waals surface area contributed by atoms with Gasteiger partial charge in [-0.05, 0) is 12.3 Å². The van der Waals surface area contributed by atoms with Gasteiger partial charge in [0.1, 0.15) is 12.2 Å². The van der Waals surface area contributed by atoms with E-state index in [2.05, 4.69) is 0 Å². The van der Waals surface area contributed by atoms with Crippen LogP contribution in [0.15, 0.2) is 0 Å². The van der Waals surface area contributed by atoms with E-state index in [1.807, 2.05) is 0 Å². The Morgan fingerprint density at radius 1 is 0.935 bits per heavy atom. The van der Waals surface area contributed by atoms with E-state index in [-0.39, 0.29) is 0 Å². The van der Waals surface area contributed by atoms with E-state index in [1.54, 1.807) is 20.8 Å². The SMILES string of the molecule is C[C@@H]1C(=O)OC2[C@H](O)C34[C@@H]5OC(=O)[C@@]3(O[C@@H]3OC(=O)[C@H](O)[C@@]34[C@H](C(C)(C)C)[C@H]5O)[C@]21O. The van der Waals surface area contributed by atoms with Gasteiger partial charge in [0.05, 0.1) is 22.9 Å². The molecule has 170 valence electrons. The van der Waals surface area contributed by atoms with Crippen LogP contribution >= 0.6 is 0 Å². The molecule has 6 aliphatic rings. The highest BCUT2D eigenvalue weighted by molar-refractivity contribution is 5.94. The van der Waals surface area contributed by atoms with Gasteiger partial charge >= 0.3 is 17.9 Å².